The van der Waals surface area contributed by atoms with Gasteiger partial charge < -0.3 is 4.65 Å². The Balaban J connectivity index is 1.75. The molecule has 50 heavy (non-hydrogen) atoms. The van der Waals surface area contributed by atoms with Crippen molar-refractivity contribution in [3.8, 4) is 0 Å². The fraction of sp³-hybridized carbons (Fsp3) is 0.351. The van der Waals surface area contributed by atoms with Gasteiger partial charge in [0.15, 0.2) is 41.3 Å². The van der Waals surface area contributed by atoms with Gasteiger partial charge in [-0.3, -0.25) is 4.90 Å². The summed E-state index contributed by atoms with van der Waals surface area (Å²) in [5.41, 5.74) is -6.06. The molecule has 6 rings (SSSR count). The molecule has 4 aromatic carbocycles. The summed E-state index contributed by atoms with van der Waals surface area (Å²) < 4.78 is 160. The first-order chi connectivity index (χ1) is 23.4. The molecule has 2 saturated heterocycles. The standard InChI is InChI=1S/C37H33BF10NO/c1-35(2)17-11-18-36(3,4)49(35)19-16-22-37(20-12-7-5-8-13-20,21-14-9-6-10-15-21)50-38(22,23-25(39)29(43)33(47)30(44)26(23)40)24-27(41)31(45)34(48)32(46)28(24)42/h5-10,12-15,22H,11,16-19H2,1-4H3/q-1/t22-/m1/s1. The minimum atomic E-state index is -4.49. The monoisotopic (exact) mass is 708 g/mol. The summed E-state index contributed by atoms with van der Waals surface area (Å²) in [6, 6.07) is 15.7. The van der Waals surface area contributed by atoms with Gasteiger partial charge in [0.25, 0.3) is 0 Å². The van der Waals surface area contributed by atoms with Crippen LogP contribution in [-0.2, 0) is 10.3 Å². The molecule has 4 aromatic rings. The van der Waals surface area contributed by atoms with Gasteiger partial charge in [-0.1, -0.05) is 83.8 Å². The van der Waals surface area contributed by atoms with Gasteiger partial charge in [-0.25, -0.2) is 43.9 Å². The molecule has 2 heterocycles. The van der Waals surface area contributed by atoms with Crippen molar-refractivity contribution < 1.29 is 48.6 Å². The average Bonchev–Trinajstić information content (AvgIpc) is 3.08. The highest BCUT2D eigenvalue weighted by atomic mass is 19.2. The molecule has 2 aliphatic rings. The summed E-state index contributed by atoms with van der Waals surface area (Å²) in [7, 11) is 0. The predicted octanol–water partition coefficient (Wildman–Crippen LogP) is 8.91. The summed E-state index contributed by atoms with van der Waals surface area (Å²) in [6.07, 6.45) is -2.52. The molecular formula is C37H33BF10NO-. The largest absolute Gasteiger partial charge is 0.572 e. The molecule has 0 amide bonds. The minimum Gasteiger partial charge on any atom is -0.572 e. The van der Waals surface area contributed by atoms with E-state index >= 15 is 35.1 Å². The van der Waals surface area contributed by atoms with Crippen molar-refractivity contribution in [2.75, 3.05) is 6.54 Å². The molecule has 2 fully saturated rings. The summed E-state index contributed by atoms with van der Waals surface area (Å²) in [6.45, 7) is 7.85. The quantitative estimate of drug-likeness (QED) is 0.0824. The second-order valence-electron chi connectivity index (χ2n) is 14.4. The second kappa shape index (κ2) is 12.4. The van der Waals surface area contributed by atoms with Crippen molar-refractivity contribution >= 4 is 17.3 Å². The minimum absolute atomic E-state index is 0.0176. The van der Waals surface area contributed by atoms with Crippen molar-refractivity contribution in [1.82, 2.24) is 4.90 Å². The van der Waals surface area contributed by atoms with Crippen LogP contribution in [0.2, 0.25) is 5.82 Å². The van der Waals surface area contributed by atoms with Crippen molar-refractivity contribution in [2.45, 2.75) is 75.9 Å². The van der Waals surface area contributed by atoms with E-state index in [1.54, 1.807) is 36.4 Å². The van der Waals surface area contributed by atoms with E-state index in [1.807, 2.05) is 27.7 Å². The number of benzene rings is 4. The van der Waals surface area contributed by atoms with Crippen LogP contribution in [0.4, 0.5) is 43.9 Å². The first-order valence-corrected chi connectivity index (χ1v) is 16.2. The lowest BCUT2D eigenvalue weighted by Gasteiger charge is -2.72. The lowest BCUT2D eigenvalue weighted by molar-refractivity contribution is -0.0417. The number of nitrogens with zero attached hydrogens (tertiary/aromatic N) is 1. The first-order valence-electron chi connectivity index (χ1n) is 16.2. The van der Waals surface area contributed by atoms with E-state index in [1.165, 1.54) is 24.3 Å². The number of hydrogen-bond acceptors (Lipinski definition) is 2. The predicted molar refractivity (Wildman–Crippen MR) is 169 cm³/mol. The number of piperidine rings is 1. The van der Waals surface area contributed by atoms with Crippen LogP contribution in [0.5, 0.6) is 0 Å². The SMILES string of the molecule is CC1(C)CCCC(C)(C)N1CC[C@H]1[B-](c2c(F)c(F)c(F)c(F)c2F)(c2c(F)c(F)c(F)c(F)c2F)OC1(c1ccccc1)c1ccccc1. The Kier molecular flexibility index (Phi) is 8.95. The third kappa shape index (κ3) is 5.09. The van der Waals surface area contributed by atoms with Crippen molar-refractivity contribution in [1.29, 1.82) is 0 Å². The van der Waals surface area contributed by atoms with Crippen LogP contribution in [0.1, 0.15) is 64.5 Å². The van der Waals surface area contributed by atoms with Crippen LogP contribution in [-0.4, -0.2) is 28.9 Å². The molecule has 0 N–H and O–H groups in total. The molecule has 2 nitrogen and oxygen atoms in total. The maximum Gasteiger partial charge on any atom is 0.200 e. The Bertz CT molecular complexity index is 1770. The normalized spacial score (nSPS) is 20.8. The van der Waals surface area contributed by atoms with E-state index in [9.17, 15) is 8.78 Å². The molecule has 0 spiro atoms. The van der Waals surface area contributed by atoms with Gasteiger partial charge in [-0.15, -0.1) is 0 Å². The summed E-state index contributed by atoms with van der Waals surface area (Å²) in [5.74, 6) is -26.7. The van der Waals surface area contributed by atoms with Gasteiger partial charge in [0.2, 0.25) is 0 Å². The summed E-state index contributed by atoms with van der Waals surface area (Å²) >= 11 is 0. The van der Waals surface area contributed by atoms with Gasteiger partial charge in [0, 0.05) is 16.7 Å². The lowest BCUT2D eigenvalue weighted by Crippen LogP contribution is -2.81. The molecule has 2 aliphatic heterocycles. The third-order valence-electron chi connectivity index (χ3n) is 10.9. The summed E-state index contributed by atoms with van der Waals surface area (Å²) in [5, 5.41) is 0. The Morgan fingerprint density at radius 1 is 0.560 bits per heavy atom. The Labute approximate surface area is 283 Å². The van der Waals surface area contributed by atoms with Gasteiger partial charge in [0.1, 0.15) is 23.3 Å². The van der Waals surface area contributed by atoms with Gasteiger partial charge >= 0.3 is 0 Å². The Morgan fingerprint density at radius 3 is 1.26 bits per heavy atom. The number of likely N-dealkylation sites (tertiary alicyclic amines) is 1. The molecule has 266 valence electrons. The van der Waals surface area contributed by atoms with Crippen LogP contribution in [0.3, 0.4) is 0 Å². The lowest BCUT2D eigenvalue weighted by atomic mass is 9.17. The van der Waals surface area contributed by atoms with Crippen molar-refractivity contribution in [2.24, 2.45) is 0 Å². The molecule has 13 heteroatoms. The van der Waals surface area contributed by atoms with E-state index in [0.717, 1.165) is 6.42 Å². The van der Waals surface area contributed by atoms with Crippen LogP contribution < -0.4 is 10.9 Å². The van der Waals surface area contributed by atoms with Crippen LogP contribution in [0.15, 0.2) is 60.7 Å². The van der Waals surface area contributed by atoms with Crippen molar-refractivity contribution in [3.05, 3.63) is 130 Å². The van der Waals surface area contributed by atoms with Gasteiger partial charge in [-0.2, -0.15) is 0 Å². The Hall–Kier alpha value is -3.84. The van der Waals surface area contributed by atoms with Crippen LogP contribution >= 0.6 is 0 Å². The molecule has 0 saturated carbocycles. The highest BCUT2D eigenvalue weighted by Crippen LogP contribution is 2.61. The van der Waals surface area contributed by atoms with Crippen LogP contribution in [0.25, 0.3) is 0 Å². The highest BCUT2D eigenvalue weighted by molar-refractivity contribution is 7.00. The molecule has 0 radical (unpaired) electrons. The van der Waals surface area contributed by atoms with E-state index in [2.05, 4.69) is 4.90 Å². The fourth-order valence-corrected chi connectivity index (χ4v) is 8.84. The zero-order valence-electron chi connectivity index (χ0n) is 27.6. The number of rotatable bonds is 7. The zero-order chi connectivity index (χ0) is 36.6. The zero-order valence-corrected chi connectivity index (χ0v) is 27.6. The average molecular weight is 708 g/mol. The highest BCUT2D eigenvalue weighted by Gasteiger charge is 2.65. The van der Waals surface area contributed by atoms with E-state index in [4.69, 9.17) is 4.65 Å². The van der Waals surface area contributed by atoms with Gasteiger partial charge in [-0.05, 0) is 64.6 Å². The first kappa shape index (κ1) is 36.0. The molecule has 0 aliphatic carbocycles. The van der Waals surface area contributed by atoms with E-state index in [-0.39, 0.29) is 24.1 Å². The van der Waals surface area contributed by atoms with Crippen molar-refractivity contribution in [3.63, 3.8) is 0 Å². The van der Waals surface area contributed by atoms with Crippen LogP contribution in [0, 0.1) is 58.2 Å². The molecular weight excluding hydrogens is 675 g/mol. The maximum absolute atomic E-state index is 16.1. The number of halogens is 10. The van der Waals surface area contributed by atoms with Gasteiger partial charge in [0.05, 0.1) is 0 Å². The second-order valence-corrected chi connectivity index (χ2v) is 14.4. The van der Waals surface area contributed by atoms with E-state index < -0.39 is 97.9 Å². The maximum atomic E-state index is 16.1. The number of hydrogen-bond donors (Lipinski definition) is 0. The summed E-state index contributed by atoms with van der Waals surface area (Å²) in [4.78, 5) is 2.07. The molecule has 0 unspecified atom stereocenters. The van der Waals surface area contributed by atoms with E-state index in [0.29, 0.717) is 12.8 Å². The fourth-order valence-electron chi connectivity index (χ4n) is 8.84. The smallest absolute Gasteiger partial charge is 0.200 e. The molecule has 1 atom stereocenters. The molecule has 0 bridgehead atoms. The Morgan fingerprint density at radius 2 is 0.900 bits per heavy atom. The molecule has 0 aromatic heterocycles. The topological polar surface area (TPSA) is 12.5 Å². The third-order valence-corrected chi connectivity index (χ3v) is 10.9.